The average Bonchev–Trinajstić information content (AvgIpc) is 3.03. The number of rotatable bonds is 6. The van der Waals surface area contributed by atoms with E-state index in [-0.39, 0.29) is 5.84 Å². The van der Waals surface area contributed by atoms with E-state index in [1.807, 2.05) is 39.0 Å². The number of nitrogens with one attached hydrogen (secondary N) is 1. The van der Waals surface area contributed by atoms with Gasteiger partial charge in [-0.05, 0) is 57.0 Å². The standard InChI is InChI=1S/C15H19N3OS.C2H6.CH5N/c1-10-18-13(9-20-10)5-3-4-11-8-12(15(16)17)6-7-14(11)19-2;2*1-2/h6-9H,3-5H2,1-2H3,(H3,16,17);1-2H3;2H2,1H3. The van der Waals surface area contributed by atoms with Crippen LogP contribution in [0.3, 0.4) is 0 Å². The molecule has 0 saturated carbocycles. The van der Waals surface area contributed by atoms with Crippen molar-refractivity contribution in [2.24, 2.45) is 11.5 Å². The highest BCUT2D eigenvalue weighted by molar-refractivity contribution is 7.09. The van der Waals surface area contributed by atoms with Crippen LogP contribution in [0.1, 0.15) is 42.1 Å². The lowest BCUT2D eigenvalue weighted by Crippen LogP contribution is -2.11. The summed E-state index contributed by atoms with van der Waals surface area (Å²) in [6, 6.07) is 5.63. The molecule has 24 heavy (non-hydrogen) atoms. The first-order valence-electron chi connectivity index (χ1n) is 8.10. The number of thiazole rings is 1. The molecule has 5 N–H and O–H groups in total. The van der Waals surface area contributed by atoms with Gasteiger partial charge in [-0.15, -0.1) is 11.3 Å². The molecule has 5 nitrogen and oxygen atoms in total. The Morgan fingerprint density at radius 1 is 1.25 bits per heavy atom. The number of amidine groups is 1. The number of benzene rings is 1. The highest BCUT2D eigenvalue weighted by Crippen LogP contribution is 2.22. The summed E-state index contributed by atoms with van der Waals surface area (Å²) in [7, 11) is 3.16. The minimum absolute atomic E-state index is 0.0871. The minimum atomic E-state index is 0.0871. The van der Waals surface area contributed by atoms with E-state index in [4.69, 9.17) is 15.9 Å². The lowest BCUT2D eigenvalue weighted by Gasteiger charge is -2.10. The second-order valence-corrected chi connectivity index (χ2v) is 5.71. The molecule has 0 amide bonds. The van der Waals surface area contributed by atoms with Gasteiger partial charge in [-0.2, -0.15) is 0 Å². The molecule has 1 aromatic carbocycles. The topological polar surface area (TPSA) is 98.0 Å². The number of aryl methyl sites for hydroxylation is 3. The third-order valence-electron chi connectivity index (χ3n) is 3.14. The number of nitrogens with zero attached hydrogens (tertiary/aromatic N) is 1. The maximum Gasteiger partial charge on any atom is 0.122 e. The van der Waals surface area contributed by atoms with Gasteiger partial charge < -0.3 is 16.2 Å². The molecule has 2 rings (SSSR count). The highest BCUT2D eigenvalue weighted by atomic mass is 32.1. The second kappa shape index (κ2) is 12.5. The van der Waals surface area contributed by atoms with Crippen molar-refractivity contribution in [2.75, 3.05) is 14.2 Å². The zero-order chi connectivity index (χ0) is 18.5. The summed E-state index contributed by atoms with van der Waals surface area (Å²) < 4.78 is 5.36. The molecule has 2 aromatic rings. The Morgan fingerprint density at radius 3 is 2.42 bits per heavy atom. The van der Waals surface area contributed by atoms with Gasteiger partial charge in [0, 0.05) is 10.9 Å². The molecular formula is C18H30N4OS. The summed E-state index contributed by atoms with van der Waals surface area (Å²) in [5.41, 5.74) is 13.0. The fourth-order valence-electron chi connectivity index (χ4n) is 2.12. The molecule has 0 spiro atoms. The molecule has 134 valence electrons. The second-order valence-electron chi connectivity index (χ2n) is 4.65. The van der Waals surface area contributed by atoms with Gasteiger partial charge in [0.25, 0.3) is 0 Å². The Labute approximate surface area is 149 Å². The van der Waals surface area contributed by atoms with Gasteiger partial charge in [0.15, 0.2) is 0 Å². The maximum atomic E-state index is 7.50. The number of hydrogen-bond donors (Lipinski definition) is 3. The number of nitrogen functional groups attached to an aromatic ring is 1. The molecular weight excluding hydrogens is 320 g/mol. The average molecular weight is 351 g/mol. The van der Waals surface area contributed by atoms with Crippen molar-refractivity contribution in [3.05, 3.63) is 45.4 Å². The van der Waals surface area contributed by atoms with Crippen LogP contribution >= 0.6 is 11.3 Å². The quantitative estimate of drug-likeness (QED) is 0.548. The van der Waals surface area contributed by atoms with Gasteiger partial charge in [-0.1, -0.05) is 13.8 Å². The van der Waals surface area contributed by atoms with E-state index in [2.05, 4.69) is 16.1 Å². The van der Waals surface area contributed by atoms with Crippen LogP contribution in [0, 0.1) is 12.3 Å². The minimum Gasteiger partial charge on any atom is -0.496 e. The van der Waals surface area contributed by atoms with Crippen molar-refractivity contribution in [3.63, 3.8) is 0 Å². The van der Waals surface area contributed by atoms with Crippen LogP contribution in [0.2, 0.25) is 0 Å². The number of nitrogens with two attached hydrogens (primary N) is 2. The number of hydrogen-bond acceptors (Lipinski definition) is 5. The molecule has 0 fully saturated rings. The van der Waals surface area contributed by atoms with Crippen LogP contribution in [-0.2, 0) is 12.8 Å². The van der Waals surface area contributed by atoms with E-state index < -0.39 is 0 Å². The zero-order valence-electron chi connectivity index (χ0n) is 15.3. The first kappa shape index (κ1) is 22.1. The van der Waals surface area contributed by atoms with Crippen LogP contribution in [0.15, 0.2) is 23.6 Å². The van der Waals surface area contributed by atoms with Crippen molar-refractivity contribution in [3.8, 4) is 5.75 Å². The molecule has 0 saturated heterocycles. The SMILES string of the molecule is CC.CN.COc1ccc(C(=N)N)cc1CCCc1csc(C)n1. The monoisotopic (exact) mass is 350 g/mol. The van der Waals surface area contributed by atoms with Crippen LogP contribution in [0.25, 0.3) is 0 Å². The van der Waals surface area contributed by atoms with Crippen molar-refractivity contribution >= 4 is 17.2 Å². The van der Waals surface area contributed by atoms with E-state index in [0.29, 0.717) is 0 Å². The summed E-state index contributed by atoms with van der Waals surface area (Å²) in [5, 5.41) is 10.7. The summed E-state index contributed by atoms with van der Waals surface area (Å²) in [4.78, 5) is 4.46. The fourth-order valence-corrected chi connectivity index (χ4v) is 2.77. The number of ether oxygens (including phenoxy) is 1. The van der Waals surface area contributed by atoms with Crippen LogP contribution in [0.5, 0.6) is 5.75 Å². The molecule has 0 aliphatic heterocycles. The summed E-state index contributed by atoms with van der Waals surface area (Å²) >= 11 is 1.68. The molecule has 0 atom stereocenters. The van der Waals surface area contributed by atoms with E-state index in [1.54, 1.807) is 18.4 Å². The number of methoxy groups -OCH3 is 1. The number of aromatic nitrogens is 1. The lowest BCUT2D eigenvalue weighted by atomic mass is 10.0. The molecule has 0 radical (unpaired) electrons. The van der Waals surface area contributed by atoms with Gasteiger partial charge in [-0.25, -0.2) is 4.98 Å². The Hall–Kier alpha value is -1.92. The predicted octanol–water partition coefficient (Wildman–Crippen LogP) is 3.52. The van der Waals surface area contributed by atoms with Crippen LogP contribution in [0.4, 0.5) is 0 Å². The summed E-state index contributed by atoms with van der Waals surface area (Å²) in [5.74, 6) is 0.938. The zero-order valence-corrected chi connectivity index (χ0v) is 16.2. The summed E-state index contributed by atoms with van der Waals surface area (Å²) in [6.45, 7) is 6.02. The Kier molecular flexibility index (Phi) is 11.5. The van der Waals surface area contributed by atoms with E-state index in [0.717, 1.165) is 46.8 Å². The van der Waals surface area contributed by atoms with Gasteiger partial charge in [0.2, 0.25) is 0 Å². The van der Waals surface area contributed by atoms with Crippen molar-refractivity contribution in [2.45, 2.75) is 40.0 Å². The molecule has 0 bridgehead atoms. The molecule has 1 heterocycles. The normalized spacial score (nSPS) is 9.25. The summed E-state index contributed by atoms with van der Waals surface area (Å²) in [6.07, 6.45) is 2.85. The molecule has 1 aromatic heterocycles. The Balaban J connectivity index is 0.00000123. The Morgan fingerprint density at radius 2 is 1.92 bits per heavy atom. The molecule has 0 aliphatic rings. The van der Waals surface area contributed by atoms with Crippen LogP contribution in [-0.4, -0.2) is 25.0 Å². The van der Waals surface area contributed by atoms with Gasteiger partial charge in [0.1, 0.15) is 11.6 Å². The Bertz CT molecular complexity index is 611. The smallest absolute Gasteiger partial charge is 0.122 e. The largest absolute Gasteiger partial charge is 0.496 e. The van der Waals surface area contributed by atoms with Crippen LogP contribution < -0.4 is 16.2 Å². The molecule has 0 unspecified atom stereocenters. The van der Waals surface area contributed by atoms with Gasteiger partial charge >= 0.3 is 0 Å². The van der Waals surface area contributed by atoms with E-state index in [9.17, 15) is 0 Å². The predicted molar refractivity (Wildman–Crippen MR) is 104 cm³/mol. The maximum absolute atomic E-state index is 7.50. The first-order valence-corrected chi connectivity index (χ1v) is 8.98. The van der Waals surface area contributed by atoms with Gasteiger partial charge in [-0.3, -0.25) is 5.41 Å². The molecule has 6 heteroatoms. The first-order chi connectivity index (χ1) is 11.6. The lowest BCUT2D eigenvalue weighted by molar-refractivity contribution is 0.409. The van der Waals surface area contributed by atoms with E-state index in [1.165, 1.54) is 7.05 Å². The molecule has 0 aliphatic carbocycles. The van der Waals surface area contributed by atoms with Crippen molar-refractivity contribution in [1.29, 1.82) is 5.41 Å². The van der Waals surface area contributed by atoms with E-state index >= 15 is 0 Å². The van der Waals surface area contributed by atoms with Crippen molar-refractivity contribution in [1.82, 2.24) is 4.98 Å². The third-order valence-corrected chi connectivity index (χ3v) is 3.96. The highest BCUT2D eigenvalue weighted by Gasteiger charge is 2.07. The fraction of sp³-hybridized carbons (Fsp3) is 0.444. The van der Waals surface area contributed by atoms with Crippen molar-refractivity contribution < 1.29 is 4.74 Å². The van der Waals surface area contributed by atoms with Gasteiger partial charge in [0.05, 0.1) is 17.8 Å². The third kappa shape index (κ3) is 7.10.